The van der Waals surface area contributed by atoms with E-state index >= 15 is 0 Å². The van der Waals surface area contributed by atoms with E-state index in [0.717, 1.165) is 5.56 Å². The first-order valence-corrected chi connectivity index (χ1v) is 12.5. The summed E-state index contributed by atoms with van der Waals surface area (Å²) in [7, 11) is -3.43. The lowest BCUT2D eigenvalue weighted by Gasteiger charge is -2.07. The molecule has 36 heavy (non-hydrogen) atoms. The van der Waals surface area contributed by atoms with Gasteiger partial charge in [0.25, 0.3) is 10.3 Å². The monoisotopic (exact) mass is 575 g/mol. The Kier molecular flexibility index (Phi) is 15.5. The third kappa shape index (κ3) is 11.1. The van der Waals surface area contributed by atoms with E-state index < -0.39 is 20.2 Å². The van der Waals surface area contributed by atoms with Crippen molar-refractivity contribution < 1.29 is 28.5 Å². The Morgan fingerprint density at radius 2 is 1.58 bits per heavy atom. The number of halogens is 1. The molecular weight excluding hydrogens is 546 g/mol. The average molecular weight is 576 g/mol. The number of sulfone groups is 1. The van der Waals surface area contributed by atoms with Gasteiger partial charge in [-0.3, -0.25) is 0 Å². The highest BCUT2D eigenvalue weighted by Crippen LogP contribution is 2.37. The lowest BCUT2D eigenvalue weighted by atomic mass is 10.1. The van der Waals surface area contributed by atoms with Gasteiger partial charge in [-0.15, -0.1) is 6.58 Å². The van der Waals surface area contributed by atoms with Crippen LogP contribution in [0.4, 0.5) is 0 Å². The maximum Gasteiger partial charge on any atom is 0.251 e. The number of thiocarbonyl (C=S) groups is 2. The largest absolute Gasteiger partial charge is 0.487 e. The Morgan fingerprint density at radius 3 is 2.03 bits per heavy atom. The van der Waals surface area contributed by atoms with Crippen molar-refractivity contribution in [3.05, 3.63) is 72.1 Å². The molecule has 0 spiro atoms. The second kappa shape index (κ2) is 15.9. The first-order chi connectivity index (χ1) is 15.8. The normalized spacial score (nSPS) is 10.5. The number of nitrogens with zero attached hydrogens (tertiary/aromatic N) is 1. The number of oxazole rings is 1. The van der Waals surface area contributed by atoms with E-state index in [4.69, 9.17) is 26.2 Å². The molecule has 0 radical (unpaired) electrons. The molecule has 0 aliphatic heterocycles. The molecular formula is C23H30ClN3O6S3. The number of aromatic nitrogens is 1. The maximum atomic E-state index is 12.2. The average Bonchev–Trinajstić information content (AvgIpc) is 3.17. The van der Waals surface area contributed by atoms with E-state index in [1.165, 1.54) is 6.26 Å². The van der Waals surface area contributed by atoms with Crippen LogP contribution in [0.5, 0.6) is 0 Å². The molecule has 1 unspecified atom stereocenters. The summed E-state index contributed by atoms with van der Waals surface area (Å²) in [5, 5.41) is 14.7. The van der Waals surface area contributed by atoms with Crippen molar-refractivity contribution in [1.82, 2.24) is 4.98 Å². The summed E-state index contributed by atoms with van der Waals surface area (Å²) < 4.78 is 30.4. The number of benzene rings is 2. The predicted octanol–water partition coefficient (Wildman–Crippen LogP) is 4.74. The summed E-state index contributed by atoms with van der Waals surface area (Å²) in [5.74, 6) is 0.866. The molecule has 13 heteroatoms. The summed E-state index contributed by atoms with van der Waals surface area (Å²) in [6.45, 7) is 5.69. The lowest BCUT2D eigenvalue weighted by Crippen LogP contribution is -2.03. The molecule has 2 aromatic carbocycles. The third-order valence-corrected chi connectivity index (χ3v) is 5.44. The molecule has 1 heterocycles. The van der Waals surface area contributed by atoms with E-state index in [0.29, 0.717) is 27.9 Å². The van der Waals surface area contributed by atoms with Crippen molar-refractivity contribution in [2.45, 2.75) is 25.2 Å². The van der Waals surface area contributed by atoms with Gasteiger partial charge >= 0.3 is 0 Å². The molecule has 0 saturated heterocycles. The second-order valence-electron chi connectivity index (χ2n) is 6.71. The summed E-state index contributed by atoms with van der Waals surface area (Å²) in [6, 6.07) is 13.9. The van der Waals surface area contributed by atoms with Crippen LogP contribution >= 0.6 is 36.0 Å². The van der Waals surface area contributed by atoms with Crippen LogP contribution in [0.3, 0.4) is 0 Å². The highest BCUT2D eigenvalue weighted by atomic mass is 35.5. The van der Waals surface area contributed by atoms with E-state index in [1.807, 2.05) is 19.1 Å². The second-order valence-corrected chi connectivity index (χ2v) is 9.96. The van der Waals surface area contributed by atoms with Crippen molar-refractivity contribution in [2.24, 2.45) is 11.5 Å². The minimum Gasteiger partial charge on any atom is -0.487 e. The molecule has 0 aliphatic rings. The fourth-order valence-corrected chi connectivity index (χ4v) is 3.61. The van der Waals surface area contributed by atoms with Gasteiger partial charge in [0.05, 0.1) is 10.8 Å². The number of aliphatic hydroxyl groups is 2. The van der Waals surface area contributed by atoms with Gasteiger partial charge in [0.15, 0.2) is 15.6 Å². The first-order valence-electron chi connectivity index (χ1n) is 9.43. The van der Waals surface area contributed by atoms with Gasteiger partial charge in [-0.1, -0.05) is 50.2 Å². The van der Waals surface area contributed by atoms with Crippen LogP contribution < -0.4 is 11.5 Å². The first kappa shape index (κ1) is 35.1. The Morgan fingerprint density at radius 1 is 1.11 bits per heavy atom. The zero-order chi connectivity index (χ0) is 26.1. The molecule has 9 nitrogen and oxygen atoms in total. The highest BCUT2D eigenvalue weighted by molar-refractivity contribution is 7.90. The molecule has 8 N–H and O–H groups in total. The molecule has 0 amide bonds. The van der Waals surface area contributed by atoms with Gasteiger partial charge in [0, 0.05) is 22.4 Å². The zero-order valence-corrected chi connectivity index (χ0v) is 22.0. The summed E-state index contributed by atoms with van der Waals surface area (Å²) in [6.07, 6.45) is 2.91. The minimum absolute atomic E-state index is 0. The SMILES string of the molecule is C.C=CC(C)c1nc(-c2ccccc2S(C)(=O)=O)c(-c2ccc(Cl)cc2)o1.NC(O)=S.NC(O)=S.O. The summed E-state index contributed by atoms with van der Waals surface area (Å²) in [5.41, 5.74) is 10.6. The number of hydrogen-bond donors (Lipinski definition) is 4. The van der Waals surface area contributed by atoms with E-state index in [1.54, 1.807) is 42.5 Å². The van der Waals surface area contributed by atoms with Crippen molar-refractivity contribution in [3.63, 3.8) is 0 Å². The van der Waals surface area contributed by atoms with Gasteiger partial charge < -0.3 is 31.6 Å². The standard InChI is InChI=1S/C20H18ClNO3S.2CH3NOS.CH4.H2O/c1-4-13(2)20-22-18(16-7-5-6-8-17(16)26(3,23)24)19(25-20)14-9-11-15(21)12-10-14;2*2-1(3)4;;/h4-13H,1H2,2-3H3;2*(H3,2,3,4);1H4;1H2. The number of nitrogens with two attached hydrogens (primary N) is 2. The molecule has 3 rings (SSSR count). The third-order valence-electron chi connectivity index (χ3n) is 4.03. The molecule has 198 valence electrons. The quantitative estimate of drug-likeness (QED) is 0.244. The van der Waals surface area contributed by atoms with Gasteiger partial charge in [-0.05, 0) is 54.8 Å². The predicted molar refractivity (Wildman–Crippen MR) is 153 cm³/mol. The van der Waals surface area contributed by atoms with Crippen LogP contribution in [0.2, 0.25) is 5.02 Å². The molecule has 3 aromatic rings. The van der Waals surface area contributed by atoms with Crippen molar-refractivity contribution in [1.29, 1.82) is 0 Å². The Balaban J connectivity index is 0. The Hall–Kier alpha value is -3.03. The van der Waals surface area contributed by atoms with E-state index in [-0.39, 0.29) is 23.7 Å². The molecule has 0 fully saturated rings. The number of hydrogen-bond acceptors (Lipinski definition) is 6. The van der Waals surface area contributed by atoms with Gasteiger partial charge in [-0.25, -0.2) is 13.4 Å². The van der Waals surface area contributed by atoms with Crippen molar-refractivity contribution >= 4 is 56.2 Å². The smallest absolute Gasteiger partial charge is 0.251 e. The number of allylic oxidation sites excluding steroid dienone is 1. The topological polar surface area (TPSA) is 184 Å². The van der Waals surface area contributed by atoms with E-state index in [9.17, 15) is 8.42 Å². The van der Waals surface area contributed by atoms with Crippen molar-refractivity contribution in [3.8, 4) is 22.6 Å². The molecule has 0 aliphatic carbocycles. The van der Waals surface area contributed by atoms with Gasteiger partial charge in [-0.2, -0.15) is 0 Å². The zero-order valence-electron chi connectivity index (χ0n) is 18.8. The van der Waals surface area contributed by atoms with Crippen molar-refractivity contribution in [2.75, 3.05) is 6.26 Å². The molecule has 1 atom stereocenters. The summed E-state index contributed by atoms with van der Waals surface area (Å²) in [4.78, 5) is 4.80. The Bertz CT molecular complexity index is 1240. The maximum absolute atomic E-state index is 12.2. The van der Waals surface area contributed by atoms with E-state index in [2.05, 4.69) is 47.5 Å². The van der Waals surface area contributed by atoms with Crippen LogP contribution in [0, 0.1) is 0 Å². The van der Waals surface area contributed by atoms with Crippen LogP contribution in [-0.4, -0.2) is 45.7 Å². The fourth-order valence-electron chi connectivity index (χ4n) is 2.60. The van der Waals surface area contributed by atoms with Crippen LogP contribution in [-0.2, 0) is 9.84 Å². The lowest BCUT2D eigenvalue weighted by molar-refractivity contribution is 0.495. The highest BCUT2D eigenvalue weighted by Gasteiger charge is 2.23. The Labute approximate surface area is 226 Å². The fraction of sp³-hybridized carbons (Fsp3) is 0.174. The van der Waals surface area contributed by atoms with Gasteiger partial charge in [0.1, 0.15) is 5.69 Å². The van der Waals surface area contributed by atoms with Crippen LogP contribution in [0.1, 0.15) is 26.2 Å². The summed E-state index contributed by atoms with van der Waals surface area (Å²) >= 11 is 13.7. The minimum atomic E-state index is -3.43. The number of aliphatic hydroxyl groups excluding tert-OH is 2. The molecule has 0 bridgehead atoms. The van der Waals surface area contributed by atoms with Crippen LogP contribution in [0.15, 0.2) is 70.5 Å². The molecule has 1 aromatic heterocycles. The van der Waals surface area contributed by atoms with Crippen LogP contribution in [0.25, 0.3) is 22.6 Å². The van der Waals surface area contributed by atoms with Gasteiger partial charge in [0.2, 0.25) is 5.89 Å². The number of rotatable bonds is 5. The molecule has 0 saturated carbocycles.